The van der Waals surface area contributed by atoms with E-state index in [1.165, 1.54) is 8.61 Å². The molecule has 0 aliphatic carbocycles. The minimum absolute atomic E-state index is 0.266. The van der Waals surface area contributed by atoms with Gasteiger partial charge < -0.3 is 9.84 Å². The first-order valence-corrected chi connectivity index (χ1v) is 11.8. The number of rotatable bonds is 6. The van der Waals surface area contributed by atoms with Gasteiger partial charge in [-0.25, -0.2) is 0 Å². The Bertz CT molecular complexity index is 1000. The minimum Gasteiger partial charge on any atom is -0.480 e. The summed E-state index contributed by atoms with van der Waals surface area (Å²) in [5.41, 5.74) is 2.67. The molecule has 2 aliphatic heterocycles. The molecule has 0 radical (unpaired) electrons. The summed E-state index contributed by atoms with van der Waals surface area (Å²) in [4.78, 5) is 14.0. The Labute approximate surface area is 182 Å². The molecule has 0 saturated carbocycles. The van der Waals surface area contributed by atoms with Crippen molar-refractivity contribution in [1.82, 2.24) is 13.5 Å². The molecule has 31 heavy (non-hydrogen) atoms. The number of nitrogens with zero attached hydrogens (tertiary/aromatic N) is 3. The Morgan fingerprint density at radius 1 is 0.839 bits per heavy atom. The summed E-state index contributed by atoms with van der Waals surface area (Å²) in [6, 6.07) is 16.6. The number of hydrogen-bond donors (Lipinski definition) is 1. The molecule has 1 atom stereocenters. The smallest absolute Gasteiger partial charge is 0.325 e. The van der Waals surface area contributed by atoms with E-state index in [2.05, 4.69) is 0 Å². The first kappa shape index (κ1) is 21.9. The maximum atomic E-state index is 12.9. The van der Waals surface area contributed by atoms with Crippen molar-refractivity contribution >= 4 is 16.2 Å². The van der Waals surface area contributed by atoms with Crippen molar-refractivity contribution in [2.24, 2.45) is 0 Å². The zero-order chi connectivity index (χ0) is 21.8. The highest BCUT2D eigenvalue weighted by molar-refractivity contribution is 7.86. The molecule has 166 valence electrons. The van der Waals surface area contributed by atoms with Gasteiger partial charge in [0.2, 0.25) is 0 Å². The number of carboxylic acids is 1. The monoisotopic (exact) mass is 445 g/mol. The Balaban J connectivity index is 1.49. The van der Waals surface area contributed by atoms with Crippen molar-refractivity contribution in [2.45, 2.75) is 6.04 Å². The molecule has 2 aromatic carbocycles. The number of piperazine rings is 1. The molecule has 2 fully saturated rings. The van der Waals surface area contributed by atoms with Gasteiger partial charge in [0, 0.05) is 39.3 Å². The van der Waals surface area contributed by atoms with Crippen molar-refractivity contribution in [3.63, 3.8) is 0 Å². The Morgan fingerprint density at radius 2 is 1.45 bits per heavy atom. The van der Waals surface area contributed by atoms with Crippen LogP contribution < -0.4 is 0 Å². The van der Waals surface area contributed by atoms with Crippen LogP contribution in [0.1, 0.15) is 11.6 Å². The van der Waals surface area contributed by atoms with E-state index in [0.717, 1.165) is 11.1 Å². The zero-order valence-electron chi connectivity index (χ0n) is 17.3. The van der Waals surface area contributed by atoms with Gasteiger partial charge in [0.1, 0.15) is 6.04 Å². The van der Waals surface area contributed by atoms with Gasteiger partial charge in [0.15, 0.2) is 0 Å². The van der Waals surface area contributed by atoms with Gasteiger partial charge in [-0.1, -0.05) is 48.5 Å². The fraction of sp³-hybridized carbons (Fsp3) is 0.409. The summed E-state index contributed by atoms with van der Waals surface area (Å²) >= 11 is 0. The topological polar surface area (TPSA) is 90.4 Å². The van der Waals surface area contributed by atoms with Gasteiger partial charge in [-0.15, -0.1) is 0 Å². The summed E-state index contributed by atoms with van der Waals surface area (Å²) in [5, 5.41) is 9.97. The highest BCUT2D eigenvalue weighted by atomic mass is 32.2. The second-order valence-electron chi connectivity index (χ2n) is 7.69. The van der Waals surface area contributed by atoms with Gasteiger partial charge in [0.05, 0.1) is 13.2 Å². The molecular formula is C22H27N3O5S. The van der Waals surface area contributed by atoms with Gasteiger partial charge in [-0.2, -0.15) is 17.0 Å². The molecule has 2 aromatic rings. The third-order valence-corrected chi connectivity index (χ3v) is 7.84. The molecule has 0 bridgehead atoms. The van der Waals surface area contributed by atoms with Gasteiger partial charge in [0.25, 0.3) is 10.2 Å². The van der Waals surface area contributed by atoms with Crippen LogP contribution in [0.2, 0.25) is 0 Å². The van der Waals surface area contributed by atoms with Gasteiger partial charge >= 0.3 is 5.97 Å². The molecule has 9 heteroatoms. The Kier molecular flexibility index (Phi) is 6.68. The van der Waals surface area contributed by atoms with Crippen molar-refractivity contribution in [3.8, 4) is 11.1 Å². The van der Waals surface area contributed by atoms with Gasteiger partial charge in [-0.3, -0.25) is 9.69 Å². The fourth-order valence-corrected chi connectivity index (χ4v) is 5.72. The summed E-state index contributed by atoms with van der Waals surface area (Å²) in [7, 11) is -3.55. The van der Waals surface area contributed by atoms with E-state index in [-0.39, 0.29) is 13.1 Å². The van der Waals surface area contributed by atoms with Crippen LogP contribution >= 0.6 is 0 Å². The minimum atomic E-state index is -3.55. The molecule has 1 N–H and O–H groups in total. The van der Waals surface area contributed by atoms with E-state index in [0.29, 0.717) is 45.0 Å². The average Bonchev–Trinajstić information content (AvgIpc) is 2.81. The lowest BCUT2D eigenvalue weighted by atomic mass is 9.98. The second kappa shape index (κ2) is 9.46. The number of morpholine rings is 1. The molecular weight excluding hydrogens is 418 g/mol. The highest BCUT2D eigenvalue weighted by Gasteiger charge is 2.36. The number of carbonyl (C=O) groups is 1. The van der Waals surface area contributed by atoms with Crippen LogP contribution in [0.5, 0.6) is 0 Å². The third-order valence-electron chi connectivity index (χ3n) is 5.80. The molecule has 0 amide bonds. The van der Waals surface area contributed by atoms with Crippen LogP contribution in [0.25, 0.3) is 11.1 Å². The van der Waals surface area contributed by atoms with E-state index >= 15 is 0 Å². The summed E-state index contributed by atoms with van der Waals surface area (Å²) in [5.74, 6) is -0.935. The Morgan fingerprint density at radius 3 is 2.10 bits per heavy atom. The van der Waals surface area contributed by atoms with E-state index in [9.17, 15) is 18.3 Å². The van der Waals surface area contributed by atoms with E-state index in [4.69, 9.17) is 4.74 Å². The maximum absolute atomic E-state index is 12.9. The van der Waals surface area contributed by atoms with Crippen LogP contribution in [-0.2, 0) is 19.7 Å². The molecule has 1 unspecified atom stereocenters. The van der Waals surface area contributed by atoms with E-state index in [1.54, 1.807) is 0 Å². The summed E-state index contributed by atoms with van der Waals surface area (Å²) in [6.45, 7) is 2.76. The first-order valence-electron chi connectivity index (χ1n) is 10.4. The first-order chi connectivity index (χ1) is 15.0. The Hall–Kier alpha value is -2.30. The van der Waals surface area contributed by atoms with Crippen LogP contribution in [0.4, 0.5) is 0 Å². The van der Waals surface area contributed by atoms with Crippen LogP contribution in [0.15, 0.2) is 54.6 Å². The number of ether oxygens (including phenoxy) is 1. The maximum Gasteiger partial charge on any atom is 0.325 e. The molecule has 0 spiro atoms. The van der Waals surface area contributed by atoms with Crippen LogP contribution in [0, 0.1) is 0 Å². The lowest BCUT2D eigenvalue weighted by Crippen LogP contribution is -2.55. The predicted molar refractivity (Wildman–Crippen MR) is 117 cm³/mol. The van der Waals surface area contributed by atoms with E-state index < -0.39 is 22.2 Å². The lowest BCUT2D eigenvalue weighted by Gasteiger charge is -2.39. The van der Waals surface area contributed by atoms with Gasteiger partial charge in [-0.05, 0) is 22.8 Å². The number of carboxylic acid groups (broad SMARTS) is 1. The molecule has 2 heterocycles. The number of hydrogen-bond acceptors (Lipinski definition) is 5. The number of benzene rings is 2. The van der Waals surface area contributed by atoms with Crippen molar-refractivity contribution in [2.75, 3.05) is 52.5 Å². The van der Waals surface area contributed by atoms with Crippen molar-refractivity contribution in [3.05, 3.63) is 60.2 Å². The van der Waals surface area contributed by atoms with Crippen LogP contribution in [0.3, 0.4) is 0 Å². The largest absolute Gasteiger partial charge is 0.480 e. The predicted octanol–water partition coefficient (Wildman–Crippen LogP) is 1.67. The molecule has 2 saturated heterocycles. The van der Waals surface area contributed by atoms with Crippen molar-refractivity contribution < 1.29 is 23.1 Å². The van der Waals surface area contributed by atoms with Crippen LogP contribution in [-0.4, -0.2) is 85.5 Å². The zero-order valence-corrected chi connectivity index (χ0v) is 18.1. The average molecular weight is 446 g/mol. The molecule has 0 aromatic heterocycles. The normalized spacial score (nSPS) is 20.4. The summed E-state index contributed by atoms with van der Waals surface area (Å²) in [6.07, 6.45) is 0. The quantitative estimate of drug-likeness (QED) is 0.728. The standard InChI is InChI=1S/C22H27N3O5S/c26-22(27)21(20-8-4-7-19(17-20)18-5-2-1-3-6-18)23-9-11-24(12-10-23)31(28,29)25-13-15-30-16-14-25/h1-8,17,21H,9-16H2,(H,26,27). The third kappa shape index (κ3) is 4.81. The fourth-order valence-electron chi connectivity index (χ4n) is 4.16. The molecule has 2 aliphatic rings. The molecule has 4 rings (SSSR count). The molecule has 8 nitrogen and oxygen atoms in total. The van der Waals surface area contributed by atoms with E-state index in [1.807, 2.05) is 59.5 Å². The SMILES string of the molecule is O=C(O)C(c1cccc(-c2ccccc2)c1)N1CCN(S(=O)(=O)N2CCOCC2)CC1. The number of aliphatic carboxylic acids is 1. The summed E-state index contributed by atoms with van der Waals surface area (Å²) < 4.78 is 33.9. The van der Waals surface area contributed by atoms with Crippen molar-refractivity contribution in [1.29, 1.82) is 0 Å². The second-order valence-corrected chi connectivity index (χ2v) is 9.61. The highest BCUT2D eigenvalue weighted by Crippen LogP contribution is 2.28. The lowest BCUT2D eigenvalue weighted by molar-refractivity contribution is -0.144.